The molecule has 0 radical (unpaired) electrons. The minimum atomic E-state index is -0.606. The molecule has 9 heteroatoms. The molecule has 2 fully saturated rings. The normalized spacial score (nSPS) is 20.7. The molecule has 1 aliphatic carbocycles. The van der Waals surface area contributed by atoms with E-state index in [1.54, 1.807) is 19.3 Å². The van der Waals surface area contributed by atoms with Gasteiger partial charge in [-0.3, -0.25) is 14.3 Å². The smallest absolute Gasteiger partial charge is 0.399 e. The molecule has 2 N–H and O–H groups in total. The molecular formula is C25H35BN4O4. The molecule has 1 saturated heterocycles. The van der Waals surface area contributed by atoms with E-state index < -0.39 is 24.4 Å². The van der Waals surface area contributed by atoms with Crippen LogP contribution in [0.15, 0.2) is 36.5 Å². The maximum Gasteiger partial charge on any atom is 0.494 e. The Bertz CT molecular complexity index is 1010. The van der Waals surface area contributed by atoms with Gasteiger partial charge in [0.1, 0.15) is 11.7 Å². The first-order valence-corrected chi connectivity index (χ1v) is 12.1. The number of hydrogen-bond donors (Lipinski definition) is 2. The van der Waals surface area contributed by atoms with Gasteiger partial charge in [0.2, 0.25) is 5.91 Å². The summed E-state index contributed by atoms with van der Waals surface area (Å²) >= 11 is 0. The highest BCUT2D eigenvalue weighted by Crippen LogP contribution is 2.36. The van der Waals surface area contributed by atoms with Gasteiger partial charge >= 0.3 is 7.12 Å². The molecule has 2 aliphatic rings. The van der Waals surface area contributed by atoms with Crippen molar-refractivity contribution in [3.05, 3.63) is 42.2 Å². The van der Waals surface area contributed by atoms with Crippen molar-refractivity contribution in [2.75, 3.05) is 5.32 Å². The van der Waals surface area contributed by atoms with Gasteiger partial charge in [-0.15, -0.1) is 0 Å². The lowest BCUT2D eigenvalue weighted by Gasteiger charge is -2.32. The summed E-state index contributed by atoms with van der Waals surface area (Å²) in [6.07, 6.45) is 6.72. The van der Waals surface area contributed by atoms with Gasteiger partial charge in [-0.25, -0.2) is 0 Å². The number of carbonyl (C=O) groups is 2. The summed E-state index contributed by atoms with van der Waals surface area (Å²) < 4.78 is 13.7. The Morgan fingerprint density at radius 1 is 1.03 bits per heavy atom. The van der Waals surface area contributed by atoms with Crippen LogP contribution in [0.5, 0.6) is 0 Å². The standard InChI is InChI=1S/C25H35BN4O4/c1-24(2)25(3,4)34-26(33-24)18-11-13-19(14-12-18)28-23(32)21(17-9-7-6-8-10-17)29-22(31)20-15-16-27-30(20)5/h11-17,21H,6-10H2,1-5H3,(H,28,32)(H,29,31)/t21-/m0/s1. The van der Waals surface area contributed by atoms with Gasteiger partial charge in [0.15, 0.2) is 0 Å². The number of anilines is 1. The van der Waals surface area contributed by atoms with Gasteiger partial charge in [-0.05, 0) is 70.1 Å². The molecule has 1 aromatic carbocycles. The summed E-state index contributed by atoms with van der Waals surface area (Å²) in [6, 6.07) is 8.55. The Kier molecular flexibility index (Phi) is 6.87. The number of carbonyl (C=O) groups excluding carboxylic acids is 2. The Morgan fingerprint density at radius 3 is 2.21 bits per heavy atom. The van der Waals surface area contributed by atoms with Crippen LogP contribution in [0.2, 0.25) is 0 Å². The van der Waals surface area contributed by atoms with Crippen LogP contribution in [-0.4, -0.2) is 46.0 Å². The number of aryl methyl sites for hydroxylation is 1. The van der Waals surface area contributed by atoms with Crippen molar-refractivity contribution in [2.24, 2.45) is 13.0 Å². The fourth-order valence-corrected chi connectivity index (χ4v) is 4.60. The Morgan fingerprint density at radius 2 is 1.65 bits per heavy atom. The second-order valence-electron chi connectivity index (χ2n) is 10.4. The SMILES string of the molecule is Cn1nccc1C(=O)N[C@H](C(=O)Nc1ccc(B2OC(C)(C)C(C)(C)O2)cc1)C1CCCCC1. The topological polar surface area (TPSA) is 94.5 Å². The molecule has 2 aromatic rings. The lowest BCUT2D eigenvalue weighted by Crippen LogP contribution is -2.49. The summed E-state index contributed by atoms with van der Waals surface area (Å²) in [7, 11) is 1.26. The molecular weight excluding hydrogens is 431 g/mol. The third kappa shape index (κ3) is 5.05. The minimum Gasteiger partial charge on any atom is -0.399 e. The number of amides is 2. The van der Waals surface area contributed by atoms with E-state index in [4.69, 9.17) is 9.31 Å². The monoisotopic (exact) mass is 466 g/mol. The third-order valence-electron chi connectivity index (χ3n) is 7.45. The fraction of sp³-hybridized carbons (Fsp3) is 0.560. The Hall–Kier alpha value is -2.65. The van der Waals surface area contributed by atoms with Crippen molar-refractivity contribution >= 4 is 30.1 Å². The van der Waals surface area contributed by atoms with Crippen LogP contribution >= 0.6 is 0 Å². The predicted octanol–water partition coefficient (Wildman–Crippen LogP) is 3.04. The van der Waals surface area contributed by atoms with E-state index in [0.29, 0.717) is 11.4 Å². The number of benzene rings is 1. The zero-order valence-electron chi connectivity index (χ0n) is 20.8. The number of rotatable bonds is 6. The van der Waals surface area contributed by atoms with Crippen molar-refractivity contribution in [1.29, 1.82) is 0 Å². The molecule has 2 amide bonds. The molecule has 1 saturated carbocycles. The van der Waals surface area contributed by atoms with Crippen LogP contribution < -0.4 is 16.1 Å². The first kappa shape index (κ1) is 24.5. The maximum absolute atomic E-state index is 13.3. The van der Waals surface area contributed by atoms with Gasteiger partial charge in [-0.1, -0.05) is 31.4 Å². The van der Waals surface area contributed by atoms with Gasteiger partial charge < -0.3 is 19.9 Å². The predicted molar refractivity (Wildman–Crippen MR) is 132 cm³/mol. The molecule has 2 heterocycles. The molecule has 0 spiro atoms. The summed E-state index contributed by atoms with van der Waals surface area (Å²) in [5.41, 5.74) is 1.17. The van der Waals surface area contributed by atoms with Gasteiger partial charge in [0.05, 0.1) is 11.2 Å². The summed E-state index contributed by atoms with van der Waals surface area (Å²) in [5.74, 6) is -0.386. The molecule has 0 unspecified atom stereocenters. The van der Waals surface area contributed by atoms with Crippen molar-refractivity contribution < 1.29 is 18.9 Å². The van der Waals surface area contributed by atoms with E-state index >= 15 is 0 Å². The number of nitrogens with one attached hydrogen (secondary N) is 2. The van der Waals surface area contributed by atoms with Crippen molar-refractivity contribution in [3.63, 3.8) is 0 Å². The molecule has 8 nitrogen and oxygen atoms in total. The zero-order valence-corrected chi connectivity index (χ0v) is 20.8. The molecule has 1 aromatic heterocycles. The molecule has 4 rings (SSSR count). The zero-order chi connectivity index (χ0) is 24.5. The Labute approximate surface area is 201 Å². The fourth-order valence-electron chi connectivity index (χ4n) is 4.60. The van der Waals surface area contributed by atoms with Gasteiger partial charge in [-0.2, -0.15) is 5.10 Å². The number of hydrogen-bond acceptors (Lipinski definition) is 5. The third-order valence-corrected chi connectivity index (χ3v) is 7.45. The molecule has 0 bridgehead atoms. The molecule has 34 heavy (non-hydrogen) atoms. The molecule has 1 atom stereocenters. The van der Waals surface area contributed by atoms with E-state index in [1.165, 1.54) is 11.1 Å². The van der Waals surface area contributed by atoms with Gasteiger partial charge in [0.25, 0.3) is 5.91 Å². The quantitative estimate of drug-likeness (QED) is 0.639. The van der Waals surface area contributed by atoms with Crippen LogP contribution in [0.1, 0.15) is 70.3 Å². The highest BCUT2D eigenvalue weighted by Gasteiger charge is 2.51. The van der Waals surface area contributed by atoms with Crippen molar-refractivity contribution in [1.82, 2.24) is 15.1 Å². The van der Waals surface area contributed by atoms with E-state index in [1.807, 2.05) is 52.0 Å². The minimum absolute atomic E-state index is 0.106. The second-order valence-corrected chi connectivity index (χ2v) is 10.4. The summed E-state index contributed by atoms with van der Waals surface area (Å²) in [6.45, 7) is 8.08. The lowest BCUT2D eigenvalue weighted by atomic mass is 9.79. The first-order valence-electron chi connectivity index (χ1n) is 12.1. The summed E-state index contributed by atoms with van der Waals surface area (Å²) in [4.78, 5) is 26.2. The largest absolute Gasteiger partial charge is 0.494 e. The highest BCUT2D eigenvalue weighted by molar-refractivity contribution is 6.62. The van der Waals surface area contributed by atoms with E-state index in [-0.39, 0.29) is 17.7 Å². The Balaban J connectivity index is 1.45. The summed E-state index contributed by atoms with van der Waals surface area (Å²) in [5, 5.41) is 10.0. The number of nitrogens with zero attached hydrogens (tertiary/aromatic N) is 2. The highest BCUT2D eigenvalue weighted by atomic mass is 16.7. The van der Waals surface area contributed by atoms with Crippen LogP contribution in [0.4, 0.5) is 5.69 Å². The van der Waals surface area contributed by atoms with E-state index in [9.17, 15) is 9.59 Å². The van der Waals surface area contributed by atoms with Crippen LogP contribution in [-0.2, 0) is 21.2 Å². The van der Waals surface area contributed by atoms with Crippen molar-refractivity contribution in [3.8, 4) is 0 Å². The van der Waals surface area contributed by atoms with Crippen LogP contribution in [0.25, 0.3) is 0 Å². The maximum atomic E-state index is 13.3. The molecule has 1 aliphatic heterocycles. The van der Waals surface area contributed by atoms with E-state index in [2.05, 4.69) is 15.7 Å². The second kappa shape index (κ2) is 9.54. The average molecular weight is 466 g/mol. The van der Waals surface area contributed by atoms with Gasteiger partial charge in [0, 0.05) is 18.9 Å². The molecule has 182 valence electrons. The first-order chi connectivity index (χ1) is 16.1. The average Bonchev–Trinajstić information content (AvgIpc) is 3.32. The van der Waals surface area contributed by atoms with Crippen molar-refractivity contribution in [2.45, 2.75) is 77.0 Å². The van der Waals surface area contributed by atoms with Crippen LogP contribution in [0, 0.1) is 5.92 Å². The number of aromatic nitrogens is 2. The lowest BCUT2D eigenvalue weighted by molar-refractivity contribution is -0.119. The van der Waals surface area contributed by atoms with Crippen LogP contribution in [0.3, 0.4) is 0 Å². The van der Waals surface area contributed by atoms with E-state index in [0.717, 1.165) is 31.1 Å².